The van der Waals surface area contributed by atoms with Crippen molar-refractivity contribution in [2.75, 3.05) is 28.5 Å². The second-order valence-electron chi connectivity index (χ2n) is 13.9. The van der Waals surface area contributed by atoms with E-state index in [2.05, 4.69) is 84.6 Å². The van der Waals surface area contributed by atoms with Crippen LogP contribution in [0.5, 0.6) is 17.2 Å². The van der Waals surface area contributed by atoms with Crippen molar-refractivity contribution >= 4 is 107 Å². The second-order valence-corrected chi connectivity index (χ2v) is 18.0. The summed E-state index contributed by atoms with van der Waals surface area (Å²) in [5.41, 5.74) is 11.6. The number of benzene rings is 3. The summed E-state index contributed by atoms with van der Waals surface area (Å²) in [6, 6.07) is 12.4. The van der Waals surface area contributed by atoms with E-state index >= 15 is 0 Å². The normalized spacial score (nSPS) is 19.3. The van der Waals surface area contributed by atoms with Crippen LogP contribution in [0.4, 0.5) is 0 Å². The minimum atomic E-state index is -0.700. The summed E-state index contributed by atoms with van der Waals surface area (Å²) in [5, 5.41) is 26.8. The van der Waals surface area contributed by atoms with Gasteiger partial charge in [-0.3, -0.25) is 14.4 Å². The minimum Gasteiger partial charge on any atom is -0.493 e. The Hall–Kier alpha value is -1.64. The van der Waals surface area contributed by atoms with Crippen molar-refractivity contribution in [1.82, 2.24) is 0 Å². The Morgan fingerprint density at radius 2 is 0.855 bits per heavy atom. The number of aryl methyl sites for hydroxylation is 3. The fourth-order valence-corrected chi connectivity index (χ4v) is 8.89. The number of hydrogen-bond acceptors (Lipinski definition) is 7. The molecule has 3 N–H and O–H groups in total. The summed E-state index contributed by atoms with van der Waals surface area (Å²) in [7, 11) is 1.81. The van der Waals surface area contributed by atoms with Crippen LogP contribution in [0.25, 0.3) is 0 Å². The van der Waals surface area contributed by atoms with Crippen LogP contribution in [-0.2, 0) is 52.9 Å². The van der Waals surface area contributed by atoms with Crippen molar-refractivity contribution in [1.29, 1.82) is 0 Å². The van der Waals surface area contributed by atoms with Crippen LogP contribution in [-0.4, -0.2) is 61.7 Å². The molecule has 3 heterocycles. The molecule has 3 aromatic rings. The third kappa shape index (κ3) is 11.5. The van der Waals surface area contributed by atoms with E-state index in [1.54, 1.807) is 0 Å². The smallest absolute Gasteiger partial charge is 0.303 e. The van der Waals surface area contributed by atoms with Crippen molar-refractivity contribution in [2.24, 2.45) is 0 Å². The van der Waals surface area contributed by atoms with Gasteiger partial charge in [0.15, 0.2) is 0 Å². The average Bonchev–Trinajstić information content (AvgIpc) is 4.01. The number of carboxylic acids is 3. The molecule has 9 rings (SSSR count). The van der Waals surface area contributed by atoms with Crippen LogP contribution in [0.15, 0.2) is 36.4 Å². The number of alkyl halides is 2. The number of ether oxygens (including phenoxy) is 3. The molecule has 0 aromatic heterocycles. The number of carboxylic acid groups (broad SMARTS) is 3. The molecule has 14 heteroatoms. The van der Waals surface area contributed by atoms with Gasteiger partial charge >= 0.3 is 17.9 Å². The molecular formula is C41H49I3O9S2. The maximum atomic E-state index is 10.8. The highest BCUT2D eigenvalue weighted by Crippen LogP contribution is 2.45. The summed E-state index contributed by atoms with van der Waals surface area (Å²) in [4.78, 5) is 34.5. The molecule has 0 fully saturated rings. The molecule has 0 radical (unpaired) electrons. The van der Waals surface area contributed by atoms with Crippen LogP contribution in [0.2, 0.25) is 0 Å². The van der Waals surface area contributed by atoms with Crippen LogP contribution < -0.4 is 14.2 Å². The number of halogens is 3. The van der Waals surface area contributed by atoms with Gasteiger partial charge in [-0.1, -0.05) is 72.3 Å². The van der Waals surface area contributed by atoms with Crippen molar-refractivity contribution in [3.63, 3.8) is 0 Å². The number of aliphatic carboxylic acids is 3. The molecule has 300 valence electrons. The largest absolute Gasteiger partial charge is 0.493 e. The van der Waals surface area contributed by atoms with Crippen molar-refractivity contribution in [3.05, 3.63) is 86.5 Å². The van der Waals surface area contributed by atoms with Gasteiger partial charge in [0, 0.05) is 36.0 Å². The minimum absolute atomic E-state index is 0. The Labute approximate surface area is 374 Å². The van der Waals surface area contributed by atoms with Crippen LogP contribution >= 0.6 is 88.8 Å². The first-order valence-electron chi connectivity index (χ1n) is 18.3. The Kier molecular flexibility index (Phi) is 18.8. The fraction of sp³-hybridized carbons (Fsp3) is 0.488. The molecule has 0 saturated heterocycles. The highest BCUT2D eigenvalue weighted by atomic mass is 127. The summed E-state index contributed by atoms with van der Waals surface area (Å²) in [6.07, 6.45) is 9.53. The molecule has 3 atom stereocenters. The zero-order chi connectivity index (χ0) is 38.8. The molecule has 3 aliphatic heterocycles. The van der Waals surface area contributed by atoms with Gasteiger partial charge in [0.05, 0.1) is 42.8 Å². The zero-order valence-electron chi connectivity index (χ0n) is 30.8. The summed E-state index contributed by atoms with van der Waals surface area (Å²) < 4.78 is 17.8. The van der Waals surface area contributed by atoms with Crippen molar-refractivity contribution in [3.8, 4) is 17.2 Å². The highest BCUT2D eigenvalue weighted by Gasteiger charge is 2.33. The van der Waals surface area contributed by atoms with Crippen molar-refractivity contribution < 1.29 is 43.9 Å². The van der Waals surface area contributed by atoms with Crippen LogP contribution in [0, 0.1) is 0 Å². The van der Waals surface area contributed by atoms with E-state index in [1.165, 1.54) is 53.8 Å². The molecule has 3 aromatic carbocycles. The number of fused-ring (bicyclic) bond motifs is 9. The SMILES string of the molecule is CI.ICSI.O=C(O)CC1CCc2ccc3c(c21)CCO3.O=C(O)CC1CCc2ccc3c(c21)CCO3.O=C(O)C[C@@H]1CCc2ccc3c(c21)CCO3.S. The molecular weight excluding hydrogens is 1080 g/mol. The Bertz CT molecular complexity index is 1620. The van der Waals surface area contributed by atoms with E-state index < -0.39 is 17.9 Å². The molecule has 55 heavy (non-hydrogen) atoms. The Morgan fingerprint density at radius 1 is 0.582 bits per heavy atom. The number of hydrogen-bond donors (Lipinski definition) is 3. The fourth-order valence-electron chi connectivity index (χ4n) is 8.89. The lowest BCUT2D eigenvalue weighted by atomic mass is 9.92. The first-order valence-corrected chi connectivity index (χ1v) is 25.5. The lowest BCUT2D eigenvalue weighted by molar-refractivity contribution is -0.138. The van der Waals surface area contributed by atoms with E-state index in [0.717, 1.165) is 94.9 Å². The van der Waals surface area contributed by atoms with E-state index in [9.17, 15) is 14.4 Å². The van der Waals surface area contributed by atoms with Gasteiger partial charge in [0.25, 0.3) is 0 Å². The Balaban J connectivity index is 0.000000170. The van der Waals surface area contributed by atoms with Gasteiger partial charge in [-0.05, 0) is 134 Å². The van der Waals surface area contributed by atoms with Gasteiger partial charge in [-0.25, -0.2) is 0 Å². The maximum absolute atomic E-state index is 10.8. The molecule has 0 spiro atoms. The quantitative estimate of drug-likeness (QED) is 0.155. The molecule has 3 aliphatic carbocycles. The van der Waals surface area contributed by atoms with Gasteiger partial charge < -0.3 is 29.5 Å². The predicted molar refractivity (Wildman–Crippen MR) is 248 cm³/mol. The topological polar surface area (TPSA) is 140 Å². The van der Waals surface area contributed by atoms with Crippen LogP contribution in [0.1, 0.15) is 106 Å². The first kappa shape index (κ1) is 46.1. The number of rotatable bonds is 7. The highest BCUT2D eigenvalue weighted by molar-refractivity contribution is 14.2. The van der Waals surface area contributed by atoms with E-state index in [-0.39, 0.29) is 50.5 Å². The lowest BCUT2D eigenvalue weighted by Crippen LogP contribution is -2.05. The van der Waals surface area contributed by atoms with E-state index in [4.69, 9.17) is 29.5 Å². The second kappa shape index (κ2) is 22.5. The van der Waals surface area contributed by atoms with E-state index in [0.29, 0.717) is 0 Å². The molecule has 6 aliphatic rings. The maximum Gasteiger partial charge on any atom is 0.303 e. The van der Waals surface area contributed by atoms with E-state index in [1.807, 2.05) is 32.1 Å². The lowest BCUT2D eigenvalue weighted by Gasteiger charge is -2.12. The first-order chi connectivity index (χ1) is 26.2. The molecule has 0 bridgehead atoms. The Morgan fingerprint density at radius 3 is 1.09 bits per heavy atom. The van der Waals surface area contributed by atoms with Gasteiger partial charge in [-0.15, -0.1) is 0 Å². The van der Waals surface area contributed by atoms with Gasteiger partial charge in [0.1, 0.15) is 17.2 Å². The molecule has 0 saturated carbocycles. The third-order valence-electron chi connectivity index (χ3n) is 10.9. The summed E-state index contributed by atoms with van der Waals surface area (Å²) in [5.74, 6) is 1.40. The molecule has 9 nitrogen and oxygen atoms in total. The summed E-state index contributed by atoms with van der Waals surface area (Å²) >= 11 is 6.72. The third-order valence-corrected chi connectivity index (χ3v) is 16.4. The monoisotopic (exact) mass is 1130 g/mol. The van der Waals surface area contributed by atoms with Gasteiger partial charge in [0.2, 0.25) is 0 Å². The molecule has 2 unspecified atom stereocenters. The average molecular weight is 1130 g/mol. The van der Waals surface area contributed by atoms with Crippen LogP contribution in [0.3, 0.4) is 0 Å². The van der Waals surface area contributed by atoms with Crippen molar-refractivity contribution in [2.45, 2.75) is 94.8 Å². The predicted octanol–water partition coefficient (Wildman–Crippen LogP) is 10.0. The number of carbonyl (C=O) groups is 3. The molecule has 0 amide bonds. The van der Waals surface area contributed by atoms with Gasteiger partial charge in [-0.2, -0.15) is 13.5 Å². The standard InChI is InChI=1S/3C13H14O3.CH2I2S.CH3I.H2S/c3*14-12(15)7-9-2-1-8-3-4-11-10(13(8)9)5-6-16-11;2-1-4-3;1-2;/h3*3-4,9H,1-2,5-7H2,(H,14,15);1H2;1H3;1H2/t9-;;;;;/m0...../s1. The summed E-state index contributed by atoms with van der Waals surface area (Å²) in [6.45, 7) is 2.22. The zero-order valence-corrected chi connectivity index (χ0v) is 39.1.